The van der Waals surface area contributed by atoms with Gasteiger partial charge in [0.05, 0.1) is 18.8 Å². The van der Waals surface area contributed by atoms with Gasteiger partial charge in [0.1, 0.15) is 10.6 Å². The molecule has 1 N–H and O–H groups in total. The normalized spacial score (nSPS) is 10.7. The molecule has 2 aromatic rings. The lowest BCUT2D eigenvalue weighted by molar-refractivity contribution is -0.111. The summed E-state index contributed by atoms with van der Waals surface area (Å²) < 4.78 is 9.95. The van der Waals surface area contributed by atoms with Crippen LogP contribution in [0.25, 0.3) is 6.08 Å². The summed E-state index contributed by atoms with van der Waals surface area (Å²) in [6, 6.07) is 4.88. The summed E-state index contributed by atoms with van der Waals surface area (Å²) in [4.78, 5) is 36.6. The zero-order valence-corrected chi connectivity index (χ0v) is 17.4. The number of benzene rings is 1. The van der Waals surface area contributed by atoms with Crippen molar-refractivity contribution in [2.45, 2.75) is 13.8 Å². The van der Waals surface area contributed by atoms with Crippen molar-refractivity contribution in [3.63, 3.8) is 0 Å². The zero-order valence-electron chi connectivity index (χ0n) is 15.1. The summed E-state index contributed by atoms with van der Waals surface area (Å²) in [6.07, 6.45) is 2.77. The van der Waals surface area contributed by atoms with Gasteiger partial charge < -0.3 is 14.8 Å². The SMILES string of the molecule is CCOC(=O)c1csc(NC(=O)/C=C/c2ccc(Cl)cc2Cl)c1C(=O)OCC. The average Bonchev–Trinajstić information content (AvgIpc) is 3.05. The minimum atomic E-state index is -0.716. The highest BCUT2D eigenvalue weighted by atomic mass is 35.5. The number of amides is 1. The molecule has 9 heteroatoms. The fourth-order valence-corrected chi connectivity index (χ4v) is 3.56. The minimum absolute atomic E-state index is 0.0309. The first-order valence-electron chi connectivity index (χ1n) is 8.27. The van der Waals surface area contributed by atoms with E-state index in [0.29, 0.717) is 15.6 Å². The Bertz CT molecular complexity index is 923. The Morgan fingerprint density at radius 2 is 1.79 bits per heavy atom. The van der Waals surface area contributed by atoms with Crippen molar-refractivity contribution in [2.75, 3.05) is 18.5 Å². The summed E-state index contributed by atoms with van der Waals surface area (Å²) in [5.41, 5.74) is 0.618. The van der Waals surface area contributed by atoms with E-state index >= 15 is 0 Å². The molecular formula is C19H17Cl2NO5S. The summed E-state index contributed by atoms with van der Waals surface area (Å²) in [5.74, 6) is -1.88. The number of ether oxygens (including phenoxy) is 2. The highest BCUT2D eigenvalue weighted by Gasteiger charge is 2.26. The van der Waals surface area contributed by atoms with Gasteiger partial charge >= 0.3 is 11.9 Å². The summed E-state index contributed by atoms with van der Waals surface area (Å²) >= 11 is 12.9. The predicted molar refractivity (Wildman–Crippen MR) is 110 cm³/mol. The lowest BCUT2D eigenvalue weighted by Crippen LogP contribution is -2.15. The molecule has 0 bridgehead atoms. The molecule has 1 amide bonds. The number of anilines is 1. The minimum Gasteiger partial charge on any atom is -0.462 e. The second-order valence-corrected chi connectivity index (χ2v) is 7.01. The van der Waals surface area contributed by atoms with Crippen molar-refractivity contribution in [3.05, 3.63) is 56.4 Å². The van der Waals surface area contributed by atoms with Crippen molar-refractivity contribution in [1.82, 2.24) is 0 Å². The Labute approximate surface area is 176 Å². The predicted octanol–water partition coefficient (Wildman–Crippen LogP) is 5.06. The van der Waals surface area contributed by atoms with Gasteiger partial charge in [-0.15, -0.1) is 11.3 Å². The molecule has 2 rings (SSSR count). The number of carbonyl (C=O) groups excluding carboxylic acids is 3. The second-order valence-electron chi connectivity index (χ2n) is 5.28. The van der Waals surface area contributed by atoms with Crippen LogP contribution >= 0.6 is 34.5 Å². The topological polar surface area (TPSA) is 81.7 Å². The van der Waals surface area contributed by atoms with E-state index in [1.165, 1.54) is 17.5 Å². The van der Waals surface area contributed by atoms with Crippen LogP contribution in [-0.4, -0.2) is 31.1 Å². The number of rotatable bonds is 7. The Morgan fingerprint density at radius 3 is 2.43 bits per heavy atom. The number of halogens is 2. The first-order chi connectivity index (χ1) is 13.4. The van der Waals surface area contributed by atoms with Crippen molar-refractivity contribution < 1.29 is 23.9 Å². The van der Waals surface area contributed by atoms with Crippen LogP contribution in [0.2, 0.25) is 10.0 Å². The molecule has 0 unspecified atom stereocenters. The van der Waals surface area contributed by atoms with E-state index < -0.39 is 17.8 Å². The maximum absolute atomic E-state index is 12.3. The fraction of sp³-hybridized carbons (Fsp3) is 0.211. The molecule has 0 aliphatic rings. The molecule has 0 aliphatic carbocycles. The summed E-state index contributed by atoms with van der Waals surface area (Å²) in [7, 11) is 0. The standard InChI is InChI=1S/C19H17Cl2NO5S/c1-3-26-18(24)13-10-28-17(16(13)19(25)27-4-2)22-15(23)8-6-11-5-7-12(20)9-14(11)21/h5-10H,3-4H2,1-2H3,(H,22,23)/b8-6+. The molecule has 148 valence electrons. The Kier molecular flexibility index (Phi) is 8.04. The number of esters is 2. The van der Waals surface area contributed by atoms with Gasteiger partial charge in [0.2, 0.25) is 5.91 Å². The number of carbonyl (C=O) groups is 3. The van der Waals surface area contributed by atoms with Gasteiger partial charge in [-0.2, -0.15) is 0 Å². The van der Waals surface area contributed by atoms with Crippen molar-refractivity contribution in [2.24, 2.45) is 0 Å². The number of hydrogen-bond acceptors (Lipinski definition) is 6. The van der Waals surface area contributed by atoms with Gasteiger partial charge in [-0.25, -0.2) is 9.59 Å². The smallest absolute Gasteiger partial charge is 0.342 e. The molecule has 1 heterocycles. The van der Waals surface area contributed by atoms with Crippen molar-refractivity contribution >= 4 is 63.5 Å². The van der Waals surface area contributed by atoms with Gasteiger partial charge in [0.25, 0.3) is 0 Å². The molecule has 0 atom stereocenters. The number of thiophene rings is 1. The quantitative estimate of drug-likeness (QED) is 0.479. The highest BCUT2D eigenvalue weighted by molar-refractivity contribution is 7.15. The van der Waals surface area contributed by atoms with Gasteiger partial charge in [-0.05, 0) is 37.6 Å². The Hall–Kier alpha value is -2.35. The third-order valence-corrected chi connectivity index (χ3v) is 4.84. The molecule has 1 aromatic heterocycles. The molecule has 0 spiro atoms. The second kappa shape index (κ2) is 10.3. The third-order valence-electron chi connectivity index (χ3n) is 3.38. The Balaban J connectivity index is 2.24. The summed E-state index contributed by atoms with van der Waals surface area (Å²) in [6.45, 7) is 3.58. The fourth-order valence-electron chi connectivity index (χ4n) is 2.17. The van der Waals surface area contributed by atoms with Gasteiger partial charge in [-0.3, -0.25) is 4.79 Å². The zero-order chi connectivity index (χ0) is 20.7. The molecule has 0 fully saturated rings. The van der Waals surface area contributed by atoms with E-state index in [4.69, 9.17) is 32.7 Å². The van der Waals surface area contributed by atoms with Crippen molar-refractivity contribution in [3.8, 4) is 0 Å². The van der Waals surface area contributed by atoms with Crippen LogP contribution < -0.4 is 5.32 Å². The maximum Gasteiger partial charge on any atom is 0.342 e. The maximum atomic E-state index is 12.3. The molecule has 0 aliphatic heterocycles. The number of hydrogen-bond donors (Lipinski definition) is 1. The van der Waals surface area contributed by atoms with Crippen LogP contribution in [0, 0.1) is 0 Å². The molecule has 6 nitrogen and oxygen atoms in total. The van der Waals surface area contributed by atoms with E-state index in [9.17, 15) is 14.4 Å². The molecular weight excluding hydrogens is 425 g/mol. The average molecular weight is 442 g/mol. The van der Waals surface area contributed by atoms with Crippen LogP contribution in [0.5, 0.6) is 0 Å². The molecule has 1 aromatic carbocycles. The Morgan fingerprint density at radius 1 is 1.11 bits per heavy atom. The number of nitrogens with one attached hydrogen (secondary N) is 1. The van der Waals surface area contributed by atoms with Crippen LogP contribution in [0.15, 0.2) is 29.7 Å². The molecule has 28 heavy (non-hydrogen) atoms. The van der Waals surface area contributed by atoms with Crippen LogP contribution in [0.4, 0.5) is 5.00 Å². The third kappa shape index (κ3) is 5.58. The van der Waals surface area contributed by atoms with E-state index in [-0.39, 0.29) is 29.3 Å². The van der Waals surface area contributed by atoms with Crippen molar-refractivity contribution in [1.29, 1.82) is 0 Å². The highest BCUT2D eigenvalue weighted by Crippen LogP contribution is 2.30. The van der Waals surface area contributed by atoms with E-state index in [2.05, 4.69) is 5.32 Å². The van der Waals surface area contributed by atoms with Crippen LogP contribution in [-0.2, 0) is 14.3 Å². The monoisotopic (exact) mass is 441 g/mol. The largest absolute Gasteiger partial charge is 0.462 e. The van der Waals surface area contributed by atoms with E-state index in [1.807, 2.05) is 0 Å². The first kappa shape index (κ1) is 21.9. The lowest BCUT2D eigenvalue weighted by Gasteiger charge is -2.07. The van der Waals surface area contributed by atoms with Crippen LogP contribution in [0.1, 0.15) is 40.1 Å². The van der Waals surface area contributed by atoms with Gasteiger partial charge in [0.15, 0.2) is 0 Å². The first-order valence-corrected chi connectivity index (χ1v) is 9.90. The molecule has 0 saturated heterocycles. The van der Waals surface area contributed by atoms with Gasteiger partial charge in [-0.1, -0.05) is 29.3 Å². The van der Waals surface area contributed by atoms with Gasteiger partial charge in [0, 0.05) is 21.5 Å². The van der Waals surface area contributed by atoms with E-state index in [0.717, 1.165) is 11.3 Å². The van der Waals surface area contributed by atoms with Crippen LogP contribution in [0.3, 0.4) is 0 Å². The van der Waals surface area contributed by atoms with E-state index in [1.54, 1.807) is 32.0 Å². The molecule has 0 radical (unpaired) electrons. The summed E-state index contributed by atoms with van der Waals surface area (Å²) in [5, 5.41) is 5.10. The molecule has 0 saturated carbocycles. The lowest BCUT2D eigenvalue weighted by atomic mass is 10.2.